The van der Waals surface area contributed by atoms with Crippen LogP contribution in [0.5, 0.6) is 11.5 Å². The molecule has 0 N–H and O–H groups in total. The van der Waals surface area contributed by atoms with E-state index in [0.717, 1.165) is 11.5 Å². The normalized spacial score (nSPS) is 14.9. The number of benzene rings is 4. The molecule has 4 aromatic rings. The van der Waals surface area contributed by atoms with Gasteiger partial charge in [0.15, 0.2) is 0 Å². The summed E-state index contributed by atoms with van der Waals surface area (Å²) in [7, 11) is 0. The Morgan fingerprint density at radius 2 is 0.703 bits per heavy atom. The van der Waals surface area contributed by atoms with E-state index in [9.17, 15) is 0 Å². The Bertz CT molecular complexity index is 1310. The third kappa shape index (κ3) is 5.10. The van der Waals surface area contributed by atoms with Gasteiger partial charge in [-0.15, -0.1) is 0 Å². The number of allylic oxidation sites excluding steroid dienone is 8. The minimum atomic E-state index is -3.96. The van der Waals surface area contributed by atoms with Crippen LogP contribution in [0.25, 0.3) is 22.3 Å². The molecule has 0 spiro atoms. The predicted molar refractivity (Wildman–Crippen MR) is 149 cm³/mol. The summed E-state index contributed by atoms with van der Waals surface area (Å²) in [5, 5.41) is 0. The Labute approximate surface area is 224 Å². The molecule has 0 bridgehead atoms. The Balaban J connectivity index is 1.34. The van der Waals surface area contributed by atoms with Crippen LogP contribution < -0.4 is 5.63 Å². The van der Waals surface area contributed by atoms with Crippen molar-refractivity contribution in [3.8, 4) is 33.8 Å². The zero-order valence-corrected chi connectivity index (χ0v) is 22.9. The van der Waals surface area contributed by atoms with Crippen LogP contribution in [0.3, 0.4) is 0 Å². The first-order valence-corrected chi connectivity index (χ1v) is 17.5. The standard InChI is InChI=1S/2C12H10O.2C5H5.Zr/c2*13-12-8-6-11(7-9-12)10-4-2-1-3-5-10;2*1-2-4-5-3-1;/h2*1-9,13H;2*1-5H;/q;;;;+2/p-2. The van der Waals surface area contributed by atoms with Gasteiger partial charge in [-0.2, -0.15) is 0 Å². The summed E-state index contributed by atoms with van der Waals surface area (Å²) in [6.45, 7) is 0. The molecule has 0 aliphatic heterocycles. The minimum absolute atomic E-state index is 0.147. The van der Waals surface area contributed by atoms with Gasteiger partial charge in [0.2, 0.25) is 0 Å². The van der Waals surface area contributed by atoms with Gasteiger partial charge >= 0.3 is 226 Å². The summed E-state index contributed by atoms with van der Waals surface area (Å²) in [4.78, 5) is 0. The molecule has 0 heterocycles. The predicted octanol–water partition coefficient (Wildman–Crippen LogP) is 9.29. The molecule has 180 valence electrons. The van der Waals surface area contributed by atoms with Crippen molar-refractivity contribution in [2.24, 2.45) is 0 Å². The van der Waals surface area contributed by atoms with Crippen LogP contribution in [-0.2, 0) is 21.1 Å². The van der Waals surface area contributed by atoms with Crippen molar-refractivity contribution < 1.29 is 26.8 Å². The fourth-order valence-corrected chi connectivity index (χ4v) is 13.7. The van der Waals surface area contributed by atoms with Crippen molar-refractivity contribution >= 4 is 0 Å². The van der Waals surface area contributed by atoms with Crippen molar-refractivity contribution in [2.75, 3.05) is 0 Å². The number of hydrogen-bond donors (Lipinski definition) is 0. The molecule has 0 fully saturated rings. The molecule has 4 aromatic carbocycles. The summed E-state index contributed by atoms with van der Waals surface area (Å²) in [6.07, 6.45) is 17.4. The van der Waals surface area contributed by atoms with Gasteiger partial charge in [-0.05, 0) is 0 Å². The van der Waals surface area contributed by atoms with Crippen molar-refractivity contribution in [3.63, 3.8) is 0 Å². The first-order valence-electron chi connectivity index (χ1n) is 12.7. The van der Waals surface area contributed by atoms with Crippen LogP contribution in [0.1, 0.15) is 0 Å². The maximum atomic E-state index is 7.06. The van der Waals surface area contributed by atoms with Crippen molar-refractivity contribution in [1.82, 2.24) is 0 Å². The van der Waals surface area contributed by atoms with Gasteiger partial charge < -0.3 is 0 Å². The summed E-state index contributed by atoms with van der Waals surface area (Å²) in [5.41, 5.74) is 4.74. The van der Waals surface area contributed by atoms with Gasteiger partial charge in [-0.3, -0.25) is 0 Å². The molecule has 0 saturated heterocycles. The van der Waals surface area contributed by atoms with E-state index >= 15 is 0 Å². The second kappa shape index (κ2) is 10.7. The van der Waals surface area contributed by atoms with Gasteiger partial charge in [0, 0.05) is 0 Å². The summed E-state index contributed by atoms with van der Waals surface area (Å²) >= 11 is -3.96. The topological polar surface area (TPSA) is 18.5 Å². The Kier molecular flexibility index (Phi) is 6.89. The van der Waals surface area contributed by atoms with Crippen LogP contribution in [0, 0.1) is 0 Å². The monoisotopic (exact) mass is 558 g/mol. The van der Waals surface area contributed by atoms with Crippen LogP contribution >= 0.6 is 0 Å². The third-order valence-corrected chi connectivity index (χ3v) is 16.1. The fourth-order valence-electron chi connectivity index (χ4n) is 4.98. The molecule has 0 amide bonds. The van der Waals surface area contributed by atoms with Gasteiger partial charge in [-0.1, -0.05) is 0 Å². The molecule has 37 heavy (non-hydrogen) atoms. The van der Waals surface area contributed by atoms with Gasteiger partial charge in [0.1, 0.15) is 0 Å². The van der Waals surface area contributed by atoms with Gasteiger partial charge in [-0.25, -0.2) is 0 Å². The van der Waals surface area contributed by atoms with E-state index in [1.54, 1.807) is 0 Å². The average molecular weight is 560 g/mol. The van der Waals surface area contributed by atoms with E-state index in [1.807, 2.05) is 12.1 Å². The van der Waals surface area contributed by atoms with Crippen molar-refractivity contribution in [2.45, 2.75) is 7.25 Å². The summed E-state index contributed by atoms with van der Waals surface area (Å²) in [6, 6.07) is 37.7. The molecule has 2 nitrogen and oxygen atoms in total. The van der Waals surface area contributed by atoms with Gasteiger partial charge in [0.25, 0.3) is 0 Å². The zero-order valence-electron chi connectivity index (χ0n) is 20.5. The van der Waals surface area contributed by atoms with E-state index in [0.29, 0.717) is 0 Å². The van der Waals surface area contributed by atoms with E-state index in [-0.39, 0.29) is 7.25 Å². The first kappa shape index (κ1) is 23.7. The molecule has 0 unspecified atom stereocenters. The van der Waals surface area contributed by atoms with E-state index in [2.05, 4.69) is 146 Å². The fraction of sp³-hybridized carbons (Fsp3) is 0.0588. The van der Waals surface area contributed by atoms with Crippen LogP contribution in [0.2, 0.25) is 7.25 Å². The summed E-state index contributed by atoms with van der Waals surface area (Å²) in [5.74, 6) is 1.72. The first-order chi connectivity index (χ1) is 18.3. The third-order valence-electron chi connectivity index (χ3n) is 6.90. The molecular weight excluding hydrogens is 532 g/mol. The molecule has 0 atom stereocenters. The molecule has 0 aromatic heterocycles. The van der Waals surface area contributed by atoms with E-state index in [4.69, 9.17) is 5.63 Å². The average Bonchev–Trinajstić information content (AvgIpc) is 3.71. The Morgan fingerprint density at radius 3 is 1.05 bits per heavy atom. The molecule has 3 heteroatoms. The molecule has 2 aliphatic rings. The number of rotatable bonds is 8. The number of hydrogen-bond acceptors (Lipinski definition) is 2. The molecule has 0 radical (unpaired) electrons. The zero-order chi connectivity index (χ0) is 24.9. The van der Waals surface area contributed by atoms with E-state index in [1.165, 1.54) is 22.3 Å². The van der Waals surface area contributed by atoms with Crippen LogP contribution in [-0.4, -0.2) is 0 Å². The molecular formula is C34H28O2Zr. The summed E-state index contributed by atoms with van der Waals surface area (Å²) < 4.78 is 14.4. The SMILES string of the molecule is C1=C[CH]([Zr]([O]c2ccc(-c3ccccc3)cc2)([O]c2ccc(-c3ccccc3)cc2)[CH]2C=CC=C2)C=C1. The van der Waals surface area contributed by atoms with Crippen molar-refractivity contribution in [3.05, 3.63) is 158 Å². The Morgan fingerprint density at radius 1 is 0.378 bits per heavy atom. The second-order valence-electron chi connectivity index (χ2n) is 9.30. The second-order valence-corrected chi connectivity index (χ2v) is 17.1. The molecule has 2 aliphatic carbocycles. The van der Waals surface area contributed by atoms with Crippen LogP contribution in [0.15, 0.2) is 158 Å². The molecule has 6 rings (SSSR count). The van der Waals surface area contributed by atoms with Crippen LogP contribution in [0.4, 0.5) is 0 Å². The quantitative estimate of drug-likeness (QED) is 0.214. The molecule has 0 saturated carbocycles. The van der Waals surface area contributed by atoms with Crippen molar-refractivity contribution in [1.29, 1.82) is 0 Å². The van der Waals surface area contributed by atoms with Gasteiger partial charge in [0.05, 0.1) is 0 Å². The Hall–Kier alpha value is -3.68. The van der Waals surface area contributed by atoms with E-state index < -0.39 is 21.1 Å². The maximum absolute atomic E-state index is 7.06.